The topological polar surface area (TPSA) is 79.0 Å². The molecule has 0 saturated heterocycles. The zero-order chi connectivity index (χ0) is 28.2. The van der Waals surface area contributed by atoms with Crippen molar-refractivity contribution < 1.29 is 13.2 Å². The summed E-state index contributed by atoms with van der Waals surface area (Å²) in [5.74, 6) is 1.95. The number of aromatic nitrogens is 4. The average Bonchev–Trinajstić information content (AvgIpc) is 3.62. The Kier molecular flexibility index (Phi) is 7.45. The molecule has 0 spiro atoms. The number of rotatable bonds is 9. The Bertz CT molecular complexity index is 1930. The van der Waals surface area contributed by atoms with E-state index in [-0.39, 0.29) is 4.90 Å². The van der Waals surface area contributed by atoms with Crippen LogP contribution in [0.3, 0.4) is 0 Å². The van der Waals surface area contributed by atoms with Gasteiger partial charge in [-0.15, -0.1) is 10.2 Å². The predicted octanol–water partition coefficient (Wildman–Crippen LogP) is 6.94. The van der Waals surface area contributed by atoms with Gasteiger partial charge in [0.2, 0.25) is 0 Å². The van der Waals surface area contributed by atoms with Crippen LogP contribution in [0.15, 0.2) is 132 Å². The van der Waals surface area contributed by atoms with Gasteiger partial charge in [0.25, 0.3) is 10.0 Å². The van der Waals surface area contributed by atoms with Gasteiger partial charge in [-0.25, -0.2) is 12.4 Å². The Hall–Kier alpha value is -4.60. The highest BCUT2D eigenvalue weighted by Crippen LogP contribution is 2.35. The fourth-order valence-corrected chi connectivity index (χ4v) is 6.76. The van der Waals surface area contributed by atoms with E-state index in [2.05, 4.69) is 34.5 Å². The third kappa shape index (κ3) is 5.29. The minimum Gasteiger partial charge on any atom is -0.497 e. The van der Waals surface area contributed by atoms with Crippen LogP contribution in [-0.2, 0) is 10.0 Å². The summed E-state index contributed by atoms with van der Waals surface area (Å²) in [5.41, 5.74) is 3.19. The van der Waals surface area contributed by atoms with E-state index in [1.54, 1.807) is 61.5 Å². The maximum atomic E-state index is 13.7. The lowest BCUT2D eigenvalue weighted by Gasteiger charge is -2.10. The summed E-state index contributed by atoms with van der Waals surface area (Å²) >= 11 is 1.55. The molecule has 4 aromatic carbocycles. The fraction of sp³-hybridized carbons (Fsp3) is 0.0625. The highest BCUT2D eigenvalue weighted by molar-refractivity contribution is 7.99. The number of hydrogen-bond donors (Lipinski definition) is 0. The number of ether oxygens (including phenoxy) is 1. The van der Waals surface area contributed by atoms with Crippen molar-refractivity contribution in [1.82, 2.24) is 18.7 Å². The quantitative estimate of drug-likeness (QED) is 0.173. The molecule has 0 bridgehead atoms. The Labute approximate surface area is 242 Å². The zero-order valence-electron chi connectivity index (χ0n) is 22.2. The van der Waals surface area contributed by atoms with Crippen molar-refractivity contribution in [1.29, 1.82) is 0 Å². The van der Waals surface area contributed by atoms with Crippen molar-refractivity contribution in [2.45, 2.75) is 10.1 Å². The fourth-order valence-electron chi connectivity index (χ4n) is 4.61. The molecule has 0 N–H and O–H groups in total. The summed E-state index contributed by atoms with van der Waals surface area (Å²) in [6.07, 6.45) is 5.80. The van der Waals surface area contributed by atoms with Gasteiger partial charge in [-0.2, -0.15) is 0 Å². The maximum Gasteiger partial charge on any atom is 0.268 e. The van der Waals surface area contributed by atoms with Crippen LogP contribution >= 0.6 is 11.8 Å². The first-order valence-electron chi connectivity index (χ1n) is 12.9. The molecular weight excluding hydrogens is 553 g/mol. The normalized spacial score (nSPS) is 11.8. The monoisotopic (exact) mass is 578 g/mol. The molecule has 0 unspecified atom stereocenters. The van der Waals surface area contributed by atoms with Crippen molar-refractivity contribution in [3.63, 3.8) is 0 Å². The Morgan fingerprint density at radius 2 is 1.51 bits per heavy atom. The highest BCUT2D eigenvalue weighted by Gasteiger charge is 2.25. The maximum absolute atomic E-state index is 13.7. The SMILES string of the molecule is COc1ccc(-n2c(SC/C=C/c3ccccc3)nnc2-c2cn(S(=O)(=O)c3ccccc3)c3ccccc23)cc1. The smallest absolute Gasteiger partial charge is 0.268 e. The van der Waals surface area contributed by atoms with Gasteiger partial charge >= 0.3 is 0 Å². The molecule has 0 fully saturated rings. The summed E-state index contributed by atoms with van der Waals surface area (Å²) in [7, 11) is -2.22. The lowest BCUT2D eigenvalue weighted by Crippen LogP contribution is -2.11. The van der Waals surface area contributed by atoms with Gasteiger partial charge in [0.15, 0.2) is 11.0 Å². The van der Waals surface area contributed by atoms with Crippen LogP contribution in [0.25, 0.3) is 34.1 Å². The molecule has 6 aromatic rings. The molecule has 0 saturated carbocycles. The van der Waals surface area contributed by atoms with E-state index in [4.69, 9.17) is 4.74 Å². The van der Waals surface area contributed by atoms with E-state index in [1.807, 2.05) is 65.2 Å². The summed E-state index contributed by atoms with van der Waals surface area (Å²) in [6, 6.07) is 33.6. The van der Waals surface area contributed by atoms with Crippen molar-refractivity contribution >= 4 is 38.8 Å². The molecule has 0 aliphatic heterocycles. The molecule has 2 aromatic heterocycles. The van der Waals surface area contributed by atoms with Crippen molar-refractivity contribution in [2.24, 2.45) is 0 Å². The first-order valence-corrected chi connectivity index (χ1v) is 15.3. The molecule has 6 rings (SSSR count). The number of hydrogen-bond acceptors (Lipinski definition) is 6. The largest absolute Gasteiger partial charge is 0.497 e. The van der Waals surface area contributed by atoms with Crippen molar-refractivity contribution in [3.8, 4) is 22.8 Å². The van der Waals surface area contributed by atoms with E-state index >= 15 is 0 Å². The van der Waals surface area contributed by atoms with Crippen LogP contribution in [0.1, 0.15) is 5.56 Å². The molecule has 204 valence electrons. The lowest BCUT2D eigenvalue weighted by atomic mass is 10.1. The molecule has 0 aliphatic carbocycles. The summed E-state index contributed by atoms with van der Waals surface area (Å²) in [5, 5.41) is 10.6. The molecular formula is C32H26N4O3S2. The van der Waals surface area contributed by atoms with E-state index in [0.29, 0.717) is 27.8 Å². The minimum atomic E-state index is -3.85. The average molecular weight is 579 g/mol. The van der Waals surface area contributed by atoms with Gasteiger partial charge in [0, 0.05) is 28.6 Å². The first kappa shape index (κ1) is 26.6. The molecule has 2 heterocycles. The standard InChI is InChI=1S/C32H26N4O3S2/c1-39-26-20-18-25(19-21-26)36-31(33-34-32(36)40-22-10-13-24-11-4-2-5-12-24)29-23-35(30-17-9-8-16-28(29)30)41(37,38)27-14-6-3-7-15-27/h2-21,23H,22H2,1H3/b13-10+. The Balaban J connectivity index is 1.46. The summed E-state index contributed by atoms with van der Waals surface area (Å²) in [6.45, 7) is 0. The molecule has 9 heteroatoms. The summed E-state index contributed by atoms with van der Waals surface area (Å²) < 4.78 is 36.1. The zero-order valence-corrected chi connectivity index (χ0v) is 23.8. The van der Waals surface area contributed by atoms with E-state index < -0.39 is 10.0 Å². The second-order valence-corrected chi connectivity index (χ2v) is 11.9. The molecule has 41 heavy (non-hydrogen) atoms. The lowest BCUT2D eigenvalue weighted by molar-refractivity contribution is 0.414. The van der Waals surface area contributed by atoms with Gasteiger partial charge in [-0.05, 0) is 48.0 Å². The predicted molar refractivity (Wildman–Crippen MR) is 164 cm³/mol. The molecule has 0 aliphatic rings. The number of thioether (sulfide) groups is 1. The summed E-state index contributed by atoms with van der Waals surface area (Å²) in [4.78, 5) is 0.213. The van der Waals surface area contributed by atoms with Crippen LogP contribution in [0.4, 0.5) is 0 Å². The number of benzene rings is 4. The van der Waals surface area contributed by atoms with Gasteiger partial charge < -0.3 is 4.74 Å². The second kappa shape index (κ2) is 11.5. The van der Waals surface area contributed by atoms with Crippen LogP contribution in [0, 0.1) is 0 Å². The van der Waals surface area contributed by atoms with Gasteiger partial charge in [0.05, 0.1) is 17.5 Å². The molecule has 0 atom stereocenters. The van der Waals surface area contributed by atoms with Gasteiger partial charge in [-0.1, -0.05) is 90.6 Å². The van der Waals surface area contributed by atoms with Crippen molar-refractivity contribution in [2.75, 3.05) is 12.9 Å². The van der Waals surface area contributed by atoms with Crippen LogP contribution in [0.5, 0.6) is 5.75 Å². The first-order chi connectivity index (χ1) is 20.1. The van der Waals surface area contributed by atoms with Crippen LogP contribution in [-0.4, -0.2) is 40.0 Å². The number of para-hydroxylation sites is 1. The molecule has 0 amide bonds. The van der Waals surface area contributed by atoms with E-state index in [0.717, 1.165) is 22.4 Å². The number of nitrogens with zero attached hydrogens (tertiary/aromatic N) is 4. The minimum absolute atomic E-state index is 0.213. The van der Waals surface area contributed by atoms with Crippen molar-refractivity contribution in [3.05, 3.63) is 127 Å². The number of methoxy groups -OCH3 is 1. The van der Waals surface area contributed by atoms with Gasteiger partial charge in [0.1, 0.15) is 5.75 Å². The highest BCUT2D eigenvalue weighted by atomic mass is 32.2. The molecule has 0 radical (unpaired) electrons. The Morgan fingerprint density at radius 3 is 2.24 bits per heavy atom. The van der Waals surface area contributed by atoms with E-state index in [9.17, 15) is 8.42 Å². The number of fused-ring (bicyclic) bond motifs is 1. The second-order valence-electron chi connectivity index (χ2n) is 9.14. The van der Waals surface area contributed by atoms with E-state index in [1.165, 1.54) is 3.97 Å². The third-order valence-electron chi connectivity index (χ3n) is 6.60. The Morgan fingerprint density at radius 1 is 0.829 bits per heavy atom. The van der Waals surface area contributed by atoms with Gasteiger partial charge in [-0.3, -0.25) is 4.57 Å². The molecule has 7 nitrogen and oxygen atoms in total. The van der Waals surface area contributed by atoms with Crippen LogP contribution < -0.4 is 4.74 Å². The van der Waals surface area contributed by atoms with Crippen LogP contribution in [0.2, 0.25) is 0 Å². The third-order valence-corrected chi connectivity index (χ3v) is 9.17.